The van der Waals surface area contributed by atoms with Gasteiger partial charge in [-0.3, -0.25) is 9.59 Å². The fourth-order valence-electron chi connectivity index (χ4n) is 1.95. The predicted molar refractivity (Wildman–Crippen MR) is 86.5 cm³/mol. The van der Waals surface area contributed by atoms with Gasteiger partial charge in [0.05, 0.1) is 12.8 Å². The lowest BCUT2D eigenvalue weighted by Gasteiger charge is -2.13. The minimum atomic E-state index is -0.368. The molecule has 0 unspecified atom stereocenters. The van der Waals surface area contributed by atoms with Gasteiger partial charge in [-0.05, 0) is 24.6 Å². The number of anilines is 2. The molecule has 2 aromatic rings. The van der Waals surface area contributed by atoms with Crippen molar-refractivity contribution in [2.45, 2.75) is 13.5 Å². The van der Waals surface area contributed by atoms with Gasteiger partial charge in [0.15, 0.2) is 0 Å². The van der Waals surface area contributed by atoms with Crippen LogP contribution in [0, 0.1) is 6.92 Å². The fraction of sp³-hybridized carbons (Fsp3) is 0.200. The molecule has 0 aliphatic rings. The fourth-order valence-corrected chi connectivity index (χ4v) is 2.10. The molecule has 22 heavy (non-hydrogen) atoms. The van der Waals surface area contributed by atoms with Gasteiger partial charge in [-0.2, -0.15) is 0 Å². The highest BCUT2D eigenvalue weighted by Gasteiger charge is 2.11. The molecule has 0 saturated carbocycles. The summed E-state index contributed by atoms with van der Waals surface area (Å²) in [7, 11) is 1.49. The number of nitrogen functional groups attached to an aromatic ring is 1. The van der Waals surface area contributed by atoms with E-state index >= 15 is 0 Å². The highest BCUT2D eigenvalue weighted by molar-refractivity contribution is 6.31. The summed E-state index contributed by atoms with van der Waals surface area (Å²) in [5, 5.41) is 3.24. The van der Waals surface area contributed by atoms with Crippen LogP contribution in [0.1, 0.15) is 5.56 Å². The maximum atomic E-state index is 12.1. The molecule has 6 nitrogen and oxygen atoms in total. The Labute approximate surface area is 132 Å². The van der Waals surface area contributed by atoms with Gasteiger partial charge in [-0.15, -0.1) is 0 Å². The van der Waals surface area contributed by atoms with Gasteiger partial charge < -0.3 is 20.4 Å². The Bertz CT molecular complexity index is 771. The molecular weight excluding hydrogens is 306 g/mol. The third-order valence-electron chi connectivity index (χ3n) is 3.08. The molecule has 1 aromatic heterocycles. The second-order valence-corrected chi connectivity index (χ2v) is 5.19. The molecule has 0 fully saturated rings. The van der Waals surface area contributed by atoms with Crippen LogP contribution in [-0.4, -0.2) is 17.6 Å². The molecule has 1 amide bonds. The molecule has 0 aliphatic carbocycles. The summed E-state index contributed by atoms with van der Waals surface area (Å²) in [6, 6.07) is 6.14. The van der Waals surface area contributed by atoms with Crippen molar-refractivity contribution in [2.24, 2.45) is 0 Å². The standard InChI is InChI=1S/C15H16ClN3O3/c1-9-5-12(13(22-2)6-11(9)16)18-14(20)8-19-7-10(17)3-4-15(19)21/h3-7H,8,17H2,1-2H3,(H,18,20). The predicted octanol–water partition coefficient (Wildman–Crippen LogP) is 2.04. The van der Waals surface area contributed by atoms with E-state index in [2.05, 4.69) is 5.32 Å². The number of nitrogens with zero attached hydrogens (tertiary/aromatic N) is 1. The lowest BCUT2D eigenvalue weighted by atomic mass is 10.2. The summed E-state index contributed by atoms with van der Waals surface area (Å²) in [6.07, 6.45) is 1.42. The summed E-state index contributed by atoms with van der Waals surface area (Å²) < 4.78 is 6.42. The average Bonchev–Trinajstić information content (AvgIpc) is 2.46. The largest absolute Gasteiger partial charge is 0.495 e. The third-order valence-corrected chi connectivity index (χ3v) is 3.48. The van der Waals surface area contributed by atoms with Crippen LogP contribution in [0.3, 0.4) is 0 Å². The van der Waals surface area contributed by atoms with Crippen molar-refractivity contribution in [1.82, 2.24) is 4.57 Å². The second kappa shape index (κ2) is 6.53. The Morgan fingerprint density at radius 1 is 1.41 bits per heavy atom. The number of ether oxygens (including phenoxy) is 1. The number of amides is 1. The van der Waals surface area contributed by atoms with Crippen molar-refractivity contribution in [1.29, 1.82) is 0 Å². The topological polar surface area (TPSA) is 86.3 Å². The molecule has 0 bridgehead atoms. The van der Waals surface area contributed by atoms with Gasteiger partial charge in [0.25, 0.3) is 5.56 Å². The van der Waals surface area contributed by atoms with E-state index in [9.17, 15) is 9.59 Å². The Morgan fingerprint density at radius 3 is 2.82 bits per heavy atom. The number of hydrogen-bond donors (Lipinski definition) is 2. The van der Waals surface area contributed by atoms with Crippen molar-refractivity contribution >= 4 is 28.9 Å². The molecule has 0 saturated heterocycles. The lowest BCUT2D eigenvalue weighted by molar-refractivity contribution is -0.116. The molecule has 0 radical (unpaired) electrons. The molecular formula is C15H16ClN3O3. The number of methoxy groups -OCH3 is 1. The summed E-state index contributed by atoms with van der Waals surface area (Å²) in [6.45, 7) is 1.68. The monoisotopic (exact) mass is 321 g/mol. The van der Waals surface area contributed by atoms with E-state index in [1.54, 1.807) is 12.1 Å². The minimum absolute atomic E-state index is 0.144. The van der Waals surface area contributed by atoms with Crippen molar-refractivity contribution in [3.8, 4) is 5.75 Å². The Balaban J connectivity index is 2.20. The molecule has 2 rings (SSSR count). The van der Waals surface area contributed by atoms with E-state index in [0.29, 0.717) is 22.1 Å². The first-order chi connectivity index (χ1) is 10.4. The highest BCUT2D eigenvalue weighted by Crippen LogP contribution is 2.30. The number of carbonyl (C=O) groups excluding carboxylic acids is 1. The maximum absolute atomic E-state index is 12.1. The van der Waals surface area contributed by atoms with Crippen LogP contribution in [0.4, 0.5) is 11.4 Å². The first kappa shape index (κ1) is 15.9. The Morgan fingerprint density at radius 2 is 2.14 bits per heavy atom. The number of nitrogens with one attached hydrogen (secondary N) is 1. The van der Waals surface area contributed by atoms with Gasteiger partial charge in [-0.1, -0.05) is 11.6 Å². The summed E-state index contributed by atoms with van der Waals surface area (Å²) in [5.74, 6) is 0.0802. The van der Waals surface area contributed by atoms with Crippen LogP contribution in [-0.2, 0) is 11.3 Å². The molecule has 116 valence electrons. The van der Waals surface area contributed by atoms with E-state index in [1.165, 1.54) is 30.0 Å². The van der Waals surface area contributed by atoms with E-state index in [-0.39, 0.29) is 18.0 Å². The van der Waals surface area contributed by atoms with Crippen molar-refractivity contribution in [3.63, 3.8) is 0 Å². The maximum Gasteiger partial charge on any atom is 0.251 e. The van der Waals surface area contributed by atoms with Crippen LogP contribution < -0.4 is 21.3 Å². The van der Waals surface area contributed by atoms with E-state index < -0.39 is 0 Å². The van der Waals surface area contributed by atoms with Gasteiger partial charge in [0.2, 0.25) is 5.91 Å². The summed E-state index contributed by atoms with van der Waals surface area (Å²) in [4.78, 5) is 23.8. The summed E-state index contributed by atoms with van der Waals surface area (Å²) in [5.41, 5.74) is 7.02. The van der Waals surface area contributed by atoms with E-state index in [4.69, 9.17) is 22.1 Å². The molecule has 1 aromatic carbocycles. The van der Waals surface area contributed by atoms with Gasteiger partial charge >= 0.3 is 0 Å². The minimum Gasteiger partial charge on any atom is -0.495 e. The zero-order valence-electron chi connectivity index (χ0n) is 12.2. The number of halogens is 1. The molecule has 0 aliphatic heterocycles. The van der Waals surface area contributed by atoms with Crippen molar-refractivity contribution in [3.05, 3.63) is 51.4 Å². The number of pyridine rings is 1. The number of hydrogen-bond acceptors (Lipinski definition) is 4. The quantitative estimate of drug-likeness (QED) is 0.902. The smallest absolute Gasteiger partial charge is 0.251 e. The Hall–Kier alpha value is -2.47. The van der Waals surface area contributed by atoms with Crippen LogP contribution in [0.5, 0.6) is 5.75 Å². The first-order valence-corrected chi connectivity index (χ1v) is 6.88. The lowest BCUT2D eigenvalue weighted by Crippen LogP contribution is -2.27. The summed E-state index contributed by atoms with van der Waals surface area (Å²) >= 11 is 6.02. The molecule has 0 spiro atoms. The second-order valence-electron chi connectivity index (χ2n) is 4.78. The van der Waals surface area contributed by atoms with Crippen molar-refractivity contribution in [2.75, 3.05) is 18.2 Å². The van der Waals surface area contributed by atoms with Crippen LogP contribution in [0.25, 0.3) is 0 Å². The van der Waals surface area contributed by atoms with Gasteiger partial charge in [-0.25, -0.2) is 0 Å². The number of aryl methyl sites for hydroxylation is 1. The number of rotatable bonds is 4. The highest BCUT2D eigenvalue weighted by atomic mass is 35.5. The molecule has 0 atom stereocenters. The SMILES string of the molecule is COc1cc(Cl)c(C)cc1NC(=O)Cn1cc(N)ccc1=O. The first-order valence-electron chi connectivity index (χ1n) is 6.50. The molecule has 1 heterocycles. The molecule has 3 N–H and O–H groups in total. The Kier molecular flexibility index (Phi) is 4.72. The van der Waals surface area contributed by atoms with Gasteiger partial charge in [0, 0.05) is 29.0 Å². The van der Waals surface area contributed by atoms with Crippen LogP contribution in [0.2, 0.25) is 5.02 Å². The van der Waals surface area contributed by atoms with Crippen LogP contribution in [0.15, 0.2) is 35.3 Å². The zero-order valence-corrected chi connectivity index (χ0v) is 13.0. The number of nitrogens with two attached hydrogens (primary N) is 1. The average molecular weight is 322 g/mol. The number of benzene rings is 1. The normalized spacial score (nSPS) is 10.3. The van der Waals surface area contributed by atoms with Crippen LogP contribution >= 0.6 is 11.6 Å². The van der Waals surface area contributed by atoms with Crippen molar-refractivity contribution < 1.29 is 9.53 Å². The van der Waals surface area contributed by atoms with E-state index in [0.717, 1.165) is 5.56 Å². The zero-order chi connectivity index (χ0) is 16.3. The third kappa shape index (κ3) is 3.59. The molecule has 7 heteroatoms. The number of carbonyl (C=O) groups is 1. The van der Waals surface area contributed by atoms with E-state index in [1.807, 2.05) is 6.92 Å². The van der Waals surface area contributed by atoms with Gasteiger partial charge in [0.1, 0.15) is 12.3 Å². The number of aromatic nitrogens is 1.